The second-order valence-electron chi connectivity index (χ2n) is 5.82. The first kappa shape index (κ1) is 14.1. The molecule has 1 aliphatic carbocycles. The van der Waals surface area contributed by atoms with Crippen molar-refractivity contribution in [2.75, 3.05) is 24.3 Å². The molecule has 1 aromatic carbocycles. The van der Waals surface area contributed by atoms with Crippen LogP contribution in [0.4, 0.5) is 11.8 Å². The van der Waals surface area contributed by atoms with Crippen LogP contribution in [0.1, 0.15) is 25.7 Å². The van der Waals surface area contributed by atoms with Crippen molar-refractivity contribution in [3.8, 4) is 0 Å². The molecule has 3 rings (SSSR count). The van der Waals surface area contributed by atoms with Crippen molar-refractivity contribution in [3.63, 3.8) is 0 Å². The lowest BCUT2D eigenvalue weighted by atomic mass is 9.91. The van der Waals surface area contributed by atoms with Crippen molar-refractivity contribution in [1.29, 1.82) is 0 Å². The molecule has 1 aliphatic rings. The standard InChI is InChI=1S/C16H23N5/c1-18-15-13-5-3-4-6-14(13)19-16(20-15)21(2)12-9-7-11(17)8-10-12/h3-6,11-12H,7-10,17H2,1-2H3,(H,18,19,20). The van der Waals surface area contributed by atoms with Crippen LogP contribution in [0.25, 0.3) is 10.9 Å². The number of hydrogen-bond acceptors (Lipinski definition) is 5. The highest BCUT2D eigenvalue weighted by molar-refractivity contribution is 5.89. The summed E-state index contributed by atoms with van der Waals surface area (Å²) in [6.07, 6.45) is 4.40. The van der Waals surface area contributed by atoms with Crippen molar-refractivity contribution in [3.05, 3.63) is 24.3 Å². The Morgan fingerprint density at radius 2 is 1.86 bits per heavy atom. The Labute approximate surface area is 125 Å². The number of aromatic nitrogens is 2. The van der Waals surface area contributed by atoms with Crippen LogP contribution in [0, 0.1) is 0 Å². The molecule has 1 saturated carbocycles. The fourth-order valence-corrected chi connectivity index (χ4v) is 3.06. The summed E-state index contributed by atoms with van der Waals surface area (Å²) in [5, 5.41) is 4.24. The van der Waals surface area contributed by atoms with E-state index in [1.807, 2.05) is 31.3 Å². The Kier molecular flexibility index (Phi) is 3.92. The Bertz CT molecular complexity index is 619. The molecule has 0 amide bonds. The Balaban J connectivity index is 1.92. The van der Waals surface area contributed by atoms with Gasteiger partial charge in [-0.25, -0.2) is 4.98 Å². The topological polar surface area (TPSA) is 67.1 Å². The van der Waals surface area contributed by atoms with Crippen molar-refractivity contribution in [1.82, 2.24) is 9.97 Å². The highest BCUT2D eigenvalue weighted by Gasteiger charge is 2.24. The number of rotatable bonds is 3. The van der Waals surface area contributed by atoms with E-state index < -0.39 is 0 Å². The molecule has 0 aliphatic heterocycles. The van der Waals surface area contributed by atoms with Crippen LogP contribution in [-0.2, 0) is 0 Å². The van der Waals surface area contributed by atoms with Gasteiger partial charge in [0.15, 0.2) is 0 Å². The molecular weight excluding hydrogens is 262 g/mol. The quantitative estimate of drug-likeness (QED) is 0.906. The summed E-state index contributed by atoms with van der Waals surface area (Å²) in [5.41, 5.74) is 6.97. The molecule has 5 heteroatoms. The second kappa shape index (κ2) is 5.85. The number of nitrogens with two attached hydrogens (primary N) is 1. The van der Waals surface area contributed by atoms with Crippen molar-refractivity contribution in [2.45, 2.75) is 37.8 Å². The number of anilines is 2. The van der Waals surface area contributed by atoms with Gasteiger partial charge in [-0.1, -0.05) is 12.1 Å². The number of fused-ring (bicyclic) bond motifs is 1. The zero-order valence-electron chi connectivity index (χ0n) is 12.7. The van der Waals surface area contributed by atoms with E-state index in [0.29, 0.717) is 12.1 Å². The molecular formula is C16H23N5. The summed E-state index contributed by atoms with van der Waals surface area (Å²) in [4.78, 5) is 11.6. The summed E-state index contributed by atoms with van der Waals surface area (Å²) in [6, 6.07) is 8.95. The van der Waals surface area contributed by atoms with E-state index in [4.69, 9.17) is 10.7 Å². The van der Waals surface area contributed by atoms with Crippen molar-refractivity contribution < 1.29 is 0 Å². The minimum absolute atomic E-state index is 0.361. The molecule has 0 atom stereocenters. The van der Waals surface area contributed by atoms with Gasteiger partial charge >= 0.3 is 0 Å². The van der Waals surface area contributed by atoms with Crippen molar-refractivity contribution in [2.24, 2.45) is 5.73 Å². The molecule has 1 aromatic heterocycles. The first-order chi connectivity index (χ1) is 10.2. The van der Waals surface area contributed by atoms with Gasteiger partial charge in [0.25, 0.3) is 0 Å². The third-order valence-corrected chi connectivity index (χ3v) is 4.43. The second-order valence-corrected chi connectivity index (χ2v) is 5.82. The molecule has 21 heavy (non-hydrogen) atoms. The van der Waals surface area contributed by atoms with Gasteiger partial charge in [0.1, 0.15) is 5.82 Å². The highest BCUT2D eigenvalue weighted by Crippen LogP contribution is 2.27. The lowest BCUT2D eigenvalue weighted by Crippen LogP contribution is -2.39. The number of hydrogen-bond donors (Lipinski definition) is 2. The smallest absolute Gasteiger partial charge is 0.227 e. The third-order valence-electron chi connectivity index (χ3n) is 4.43. The largest absolute Gasteiger partial charge is 0.372 e. The zero-order valence-corrected chi connectivity index (χ0v) is 12.7. The van der Waals surface area contributed by atoms with Gasteiger partial charge in [0.2, 0.25) is 5.95 Å². The van der Waals surface area contributed by atoms with Crippen LogP contribution >= 0.6 is 0 Å². The van der Waals surface area contributed by atoms with E-state index in [1.54, 1.807) is 0 Å². The molecule has 1 fully saturated rings. The Hall–Kier alpha value is -1.88. The fourth-order valence-electron chi connectivity index (χ4n) is 3.06. The Morgan fingerprint density at radius 3 is 2.57 bits per heavy atom. The van der Waals surface area contributed by atoms with Crippen molar-refractivity contribution >= 4 is 22.7 Å². The maximum absolute atomic E-state index is 6.00. The summed E-state index contributed by atoms with van der Waals surface area (Å²) in [7, 11) is 3.99. The number of para-hydroxylation sites is 1. The molecule has 0 radical (unpaired) electrons. The first-order valence-corrected chi connectivity index (χ1v) is 7.62. The Morgan fingerprint density at radius 1 is 1.14 bits per heavy atom. The van der Waals surface area contributed by atoms with E-state index >= 15 is 0 Å². The van der Waals surface area contributed by atoms with Crippen LogP contribution in [0.2, 0.25) is 0 Å². The summed E-state index contributed by atoms with van der Waals surface area (Å²) >= 11 is 0. The van der Waals surface area contributed by atoms with Crippen LogP contribution < -0.4 is 16.0 Å². The van der Waals surface area contributed by atoms with E-state index in [9.17, 15) is 0 Å². The van der Waals surface area contributed by atoms with Crippen LogP contribution in [0.5, 0.6) is 0 Å². The molecule has 0 spiro atoms. The average molecular weight is 285 g/mol. The molecule has 2 aromatic rings. The van der Waals surface area contributed by atoms with Gasteiger partial charge in [-0.05, 0) is 37.8 Å². The number of benzene rings is 1. The average Bonchev–Trinajstić information content (AvgIpc) is 2.53. The lowest BCUT2D eigenvalue weighted by Gasteiger charge is -2.33. The minimum atomic E-state index is 0.361. The molecule has 112 valence electrons. The zero-order chi connectivity index (χ0) is 14.8. The SMILES string of the molecule is CNc1nc(N(C)C2CCC(N)CC2)nc2ccccc12. The summed E-state index contributed by atoms with van der Waals surface area (Å²) < 4.78 is 0. The molecule has 1 heterocycles. The number of nitrogens with zero attached hydrogens (tertiary/aromatic N) is 3. The highest BCUT2D eigenvalue weighted by atomic mass is 15.3. The van der Waals surface area contributed by atoms with E-state index in [-0.39, 0.29) is 0 Å². The predicted octanol–water partition coefficient (Wildman–Crippen LogP) is 2.38. The summed E-state index contributed by atoms with van der Waals surface area (Å²) in [6.45, 7) is 0. The maximum Gasteiger partial charge on any atom is 0.227 e. The maximum atomic E-state index is 6.00. The van der Waals surface area contributed by atoms with Gasteiger partial charge in [-0.3, -0.25) is 0 Å². The molecule has 3 N–H and O–H groups in total. The van der Waals surface area contributed by atoms with Gasteiger partial charge in [-0.2, -0.15) is 4.98 Å². The predicted molar refractivity (Wildman–Crippen MR) is 87.7 cm³/mol. The fraction of sp³-hybridized carbons (Fsp3) is 0.500. The molecule has 0 bridgehead atoms. The van der Waals surface area contributed by atoms with Gasteiger partial charge in [0.05, 0.1) is 5.52 Å². The number of nitrogens with one attached hydrogen (secondary N) is 1. The molecule has 0 unspecified atom stereocenters. The lowest BCUT2D eigenvalue weighted by molar-refractivity contribution is 0.382. The molecule has 5 nitrogen and oxygen atoms in total. The third kappa shape index (κ3) is 2.78. The van der Waals surface area contributed by atoms with Gasteiger partial charge in [-0.15, -0.1) is 0 Å². The van der Waals surface area contributed by atoms with Gasteiger partial charge < -0.3 is 16.0 Å². The monoisotopic (exact) mass is 285 g/mol. The van der Waals surface area contributed by atoms with Gasteiger partial charge in [0, 0.05) is 31.6 Å². The van der Waals surface area contributed by atoms with Crippen LogP contribution in [0.15, 0.2) is 24.3 Å². The van der Waals surface area contributed by atoms with E-state index in [2.05, 4.69) is 22.2 Å². The van der Waals surface area contributed by atoms with Crippen LogP contribution in [0.3, 0.4) is 0 Å². The van der Waals surface area contributed by atoms with Crippen LogP contribution in [-0.4, -0.2) is 36.1 Å². The first-order valence-electron chi connectivity index (χ1n) is 7.62. The van der Waals surface area contributed by atoms with E-state index in [0.717, 1.165) is 48.4 Å². The molecule has 0 saturated heterocycles. The van der Waals surface area contributed by atoms with E-state index in [1.165, 1.54) is 0 Å². The normalized spacial score (nSPS) is 22.2. The minimum Gasteiger partial charge on any atom is -0.372 e. The summed E-state index contributed by atoms with van der Waals surface area (Å²) in [5.74, 6) is 1.67.